The van der Waals surface area contributed by atoms with E-state index < -0.39 is 0 Å². The van der Waals surface area contributed by atoms with Crippen LogP contribution in [0.1, 0.15) is 24.1 Å². The third kappa shape index (κ3) is 5.13. The van der Waals surface area contributed by atoms with Crippen LogP contribution in [-0.2, 0) is 14.3 Å². The van der Waals surface area contributed by atoms with E-state index in [1.807, 2.05) is 60.7 Å². The summed E-state index contributed by atoms with van der Waals surface area (Å²) in [7, 11) is 1.34. The number of rotatable bonds is 7. The highest BCUT2D eigenvalue weighted by molar-refractivity contribution is 8.01. The molecule has 0 bridgehead atoms. The zero-order valence-electron chi connectivity index (χ0n) is 13.8. The molecule has 1 unspecified atom stereocenters. The molecule has 2 aromatic carbocycles. The monoisotopic (exact) mass is 343 g/mol. The maximum absolute atomic E-state index is 12.5. The highest BCUT2D eigenvalue weighted by atomic mass is 32.2. The summed E-state index contributed by atoms with van der Waals surface area (Å²) in [5.74, 6) is -0.282. The van der Waals surface area contributed by atoms with Gasteiger partial charge in [0.05, 0.1) is 24.2 Å². The smallest absolute Gasteiger partial charge is 0.315 e. The minimum Gasteiger partial charge on any atom is -0.468 e. The molecular formula is C19H21NO3S. The number of nitrogens with one attached hydrogen (secondary N) is 1. The highest BCUT2D eigenvalue weighted by Crippen LogP contribution is 2.23. The standard InChI is InChI=1S/C19H21NO3S/c1-14(24-13-17(21)23-2)19(22)20-18(15-9-5-3-6-10-15)16-11-7-4-8-12-16/h3-12,14,18H,13H2,1-2H3,(H,20,22). The first-order valence-electron chi connectivity index (χ1n) is 7.70. The van der Waals surface area contributed by atoms with Crippen LogP contribution in [-0.4, -0.2) is 30.0 Å². The van der Waals surface area contributed by atoms with Gasteiger partial charge >= 0.3 is 5.97 Å². The van der Waals surface area contributed by atoms with Gasteiger partial charge < -0.3 is 10.1 Å². The number of hydrogen-bond donors (Lipinski definition) is 1. The lowest BCUT2D eigenvalue weighted by molar-refractivity contribution is -0.137. The fraction of sp³-hybridized carbons (Fsp3) is 0.263. The van der Waals surface area contributed by atoms with Crippen molar-refractivity contribution in [2.24, 2.45) is 0 Å². The zero-order valence-corrected chi connectivity index (χ0v) is 14.6. The van der Waals surface area contributed by atoms with Crippen LogP contribution in [0.15, 0.2) is 60.7 Å². The Labute approximate surface area is 146 Å². The van der Waals surface area contributed by atoms with Crippen molar-refractivity contribution in [3.63, 3.8) is 0 Å². The first-order valence-corrected chi connectivity index (χ1v) is 8.75. The van der Waals surface area contributed by atoms with Crippen molar-refractivity contribution in [1.82, 2.24) is 5.32 Å². The molecule has 5 heteroatoms. The summed E-state index contributed by atoms with van der Waals surface area (Å²) in [4.78, 5) is 23.7. The molecule has 1 N–H and O–H groups in total. The Morgan fingerprint density at radius 2 is 1.50 bits per heavy atom. The van der Waals surface area contributed by atoms with Crippen molar-refractivity contribution in [2.45, 2.75) is 18.2 Å². The van der Waals surface area contributed by atoms with Gasteiger partial charge in [-0.1, -0.05) is 60.7 Å². The van der Waals surface area contributed by atoms with Gasteiger partial charge in [-0.15, -0.1) is 11.8 Å². The van der Waals surface area contributed by atoms with Crippen molar-refractivity contribution in [3.05, 3.63) is 71.8 Å². The second kappa shape index (κ2) is 9.13. The molecule has 2 aromatic rings. The minimum atomic E-state index is -0.348. The molecule has 0 saturated heterocycles. The van der Waals surface area contributed by atoms with Crippen LogP contribution < -0.4 is 5.32 Å². The lowest BCUT2D eigenvalue weighted by atomic mass is 9.98. The Balaban J connectivity index is 2.11. The summed E-state index contributed by atoms with van der Waals surface area (Å²) in [6.07, 6.45) is 0. The summed E-state index contributed by atoms with van der Waals surface area (Å²) in [6.45, 7) is 1.79. The average molecular weight is 343 g/mol. The molecule has 4 nitrogen and oxygen atoms in total. The van der Waals surface area contributed by atoms with Crippen molar-refractivity contribution in [1.29, 1.82) is 0 Å². The number of carbonyl (C=O) groups is 2. The zero-order chi connectivity index (χ0) is 17.4. The van der Waals surface area contributed by atoms with Gasteiger partial charge in [0.2, 0.25) is 5.91 Å². The van der Waals surface area contributed by atoms with Crippen LogP contribution in [0.3, 0.4) is 0 Å². The number of esters is 1. The molecule has 0 heterocycles. The van der Waals surface area contributed by atoms with E-state index in [1.165, 1.54) is 18.9 Å². The van der Waals surface area contributed by atoms with Crippen LogP contribution >= 0.6 is 11.8 Å². The lowest BCUT2D eigenvalue weighted by Gasteiger charge is -2.22. The molecule has 1 atom stereocenters. The van der Waals surface area contributed by atoms with E-state index in [1.54, 1.807) is 6.92 Å². The summed E-state index contributed by atoms with van der Waals surface area (Å²) in [5.41, 5.74) is 2.03. The number of ether oxygens (including phenoxy) is 1. The molecular weight excluding hydrogens is 322 g/mol. The van der Waals surface area contributed by atoms with Crippen molar-refractivity contribution in [3.8, 4) is 0 Å². The molecule has 0 spiro atoms. The van der Waals surface area contributed by atoms with Crippen LogP contribution in [0.4, 0.5) is 0 Å². The van der Waals surface area contributed by atoms with Crippen molar-refractivity contribution >= 4 is 23.6 Å². The van der Waals surface area contributed by atoms with Gasteiger partial charge in [-0.25, -0.2) is 0 Å². The van der Waals surface area contributed by atoms with Gasteiger partial charge in [-0.05, 0) is 18.1 Å². The fourth-order valence-corrected chi connectivity index (χ4v) is 2.96. The largest absolute Gasteiger partial charge is 0.468 e. The van der Waals surface area contributed by atoms with Gasteiger partial charge in [0.15, 0.2) is 0 Å². The Morgan fingerprint density at radius 3 is 1.96 bits per heavy atom. The Morgan fingerprint density at radius 1 is 1.00 bits per heavy atom. The van der Waals surface area contributed by atoms with Crippen LogP contribution in [0.5, 0.6) is 0 Å². The number of benzene rings is 2. The highest BCUT2D eigenvalue weighted by Gasteiger charge is 2.21. The third-order valence-corrected chi connectivity index (χ3v) is 4.72. The number of carbonyl (C=O) groups excluding carboxylic acids is 2. The van der Waals surface area contributed by atoms with E-state index in [4.69, 9.17) is 0 Å². The summed E-state index contributed by atoms with van der Waals surface area (Å²) < 4.78 is 4.61. The van der Waals surface area contributed by atoms with Gasteiger partial charge in [-0.3, -0.25) is 9.59 Å². The predicted octanol–water partition coefficient (Wildman–Crippen LogP) is 3.19. The van der Waals surface area contributed by atoms with Crippen LogP contribution in [0, 0.1) is 0 Å². The summed E-state index contributed by atoms with van der Waals surface area (Å²) in [6, 6.07) is 19.4. The first kappa shape index (κ1) is 18.1. The number of amides is 1. The van der Waals surface area contributed by atoms with Gasteiger partial charge in [0.1, 0.15) is 0 Å². The maximum atomic E-state index is 12.5. The van der Waals surface area contributed by atoms with E-state index in [-0.39, 0.29) is 28.9 Å². The van der Waals surface area contributed by atoms with E-state index in [0.29, 0.717) is 0 Å². The van der Waals surface area contributed by atoms with E-state index in [2.05, 4.69) is 10.1 Å². The van der Waals surface area contributed by atoms with E-state index >= 15 is 0 Å². The first-order chi connectivity index (χ1) is 11.6. The molecule has 0 radical (unpaired) electrons. The summed E-state index contributed by atoms with van der Waals surface area (Å²) >= 11 is 1.26. The molecule has 0 aliphatic heterocycles. The molecule has 0 saturated carbocycles. The predicted molar refractivity (Wildman–Crippen MR) is 96.8 cm³/mol. The normalized spacial score (nSPS) is 11.8. The average Bonchev–Trinajstić information content (AvgIpc) is 2.65. The second-order valence-electron chi connectivity index (χ2n) is 5.29. The number of methoxy groups -OCH3 is 1. The minimum absolute atomic E-state index is 0.110. The second-order valence-corrected chi connectivity index (χ2v) is 6.62. The van der Waals surface area contributed by atoms with Crippen molar-refractivity contribution in [2.75, 3.05) is 12.9 Å². The van der Waals surface area contributed by atoms with Gasteiger partial charge in [-0.2, -0.15) is 0 Å². The van der Waals surface area contributed by atoms with Crippen molar-refractivity contribution < 1.29 is 14.3 Å². The lowest BCUT2D eigenvalue weighted by Crippen LogP contribution is -2.35. The topological polar surface area (TPSA) is 55.4 Å². The Bertz CT molecular complexity index is 621. The number of thioether (sulfide) groups is 1. The molecule has 0 aliphatic carbocycles. The summed E-state index contributed by atoms with van der Waals surface area (Å²) in [5, 5.41) is 2.73. The van der Waals surface area contributed by atoms with Crippen LogP contribution in [0.25, 0.3) is 0 Å². The third-order valence-electron chi connectivity index (χ3n) is 3.60. The van der Waals surface area contributed by atoms with E-state index in [0.717, 1.165) is 11.1 Å². The molecule has 0 aliphatic rings. The van der Waals surface area contributed by atoms with E-state index in [9.17, 15) is 9.59 Å². The quantitative estimate of drug-likeness (QED) is 0.785. The SMILES string of the molecule is COC(=O)CSC(C)C(=O)NC(c1ccccc1)c1ccccc1. The molecule has 126 valence electrons. The Hall–Kier alpha value is -2.27. The molecule has 2 rings (SSSR count). The molecule has 0 fully saturated rings. The molecule has 24 heavy (non-hydrogen) atoms. The van der Waals surface area contributed by atoms with Crippen LogP contribution in [0.2, 0.25) is 0 Å². The van der Waals surface area contributed by atoms with Gasteiger partial charge in [0, 0.05) is 0 Å². The molecule has 0 aromatic heterocycles. The molecule has 1 amide bonds. The Kier molecular flexibility index (Phi) is 6.88. The fourth-order valence-electron chi connectivity index (χ4n) is 2.24. The van der Waals surface area contributed by atoms with Gasteiger partial charge in [0.25, 0.3) is 0 Å². The maximum Gasteiger partial charge on any atom is 0.315 e. The number of hydrogen-bond acceptors (Lipinski definition) is 4.